The first-order chi connectivity index (χ1) is 3.12. The fourth-order valence-electron chi connectivity index (χ4n) is 0.144. The van der Waals surface area contributed by atoms with Gasteiger partial charge in [-0.2, -0.15) is 0 Å². The normalized spacial score (nSPS) is 10.5. The summed E-state index contributed by atoms with van der Waals surface area (Å²) >= 11 is 0. The Morgan fingerprint density at radius 2 is 1.75 bits per heavy atom. The topological polar surface area (TPSA) is 40.7 Å². The van der Waals surface area contributed by atoms with Crippen molar-refractivity contribution >= 4 is 0 Å². The van der Waals surface area contributed by atoms with Crippen molar-refractivity contribution in [2.45, 2.75) is 32.8 Å². The third kappa shape index (κ3) is 4.09. The molecular weight excluding hydrogens is 104 g/mol. The standard InChI is InChI=1S/C6H14O.H2O/c1-5-6(2,3)7-4;/h5H2,1-4H3;1H2. The molecule has 0 rings (SSSR count). The van der Waals surface area contributed by atoms with Gasteiger partial charge in [0.1, 0.15) is 0 Å². The van der Waals surface area contributed by atoms with Gasteiger partial charge in [0, 0.05) is 7.11 Å². The monoisotopic (exact) mass is 120 g/mol. The van der Waals surface area contributed by atoms with Crippen LogP contribution in [0.5, 0.6) is 0 Å². The number of rotatable bonds is 2. The van der Waals surface area contributed by atoms with Gasteiger partial charge in [0.05, 0.1) is 5.60 Å². The Kier molecular flexibility index (Phi) is 5.23. The van der Waals surface area contributed by atoms with Crippen LogP contribution in [-0.2, 0) is 4.74 Å². The number of hydrogen-bond donors (Lipinski definition) is 0. The van der Waals surface area contributed by atoms with Crippen molar-refractivity contribution in [2.24, 2.45) is 0 Å². The Labute approximate surface area is 51.2 Å². The maximum absolute atomic E-state index is 5.09. The van der Waals surface area contributed by atoms with Gasteiger partial charge in [0.25, 0.3) is 0 Å². The van der Waals surface area contributed by atoms with E-state index in [1.54, 1.807) is 7.11 Å². The first-order valence-corrected chi connectivity index (χ1v) is 2.67. The lowest BCUT2D eigenvalue weighted by atomic mass is 10.1. The Morgan fingerprint density at radius 1 is 1.38 bits per heavy atom. The molecule has 2 nitrogen and oxygen atoms in total. The molecule has 0 aliphatic carbocycles. The Morgan fingerprint density at radius 3 is 1.75 bits per heavy atom. The largest absolute Gasteiger partial charge is 0.412 e. The molecule has 0 fully saturated rings. The zero-order valence-corrected chi connectivity index (χ0v) is 6.12. The van der Waals surface area contributed by atoms with Crippen molar-refractivity contribution < 1.29 is 10.2 Å². The summed E-state index contributed by atoms with van der Waals surface area (Å²) in [6.07, 6.45) is 1.07. The van der Waals surface area contributed by atoms with Crippen molar-refractivity contribution in [1.29, 1.82) is 0 Å². The molecule has 0 aliphatic rings. The van der Waals surface area contributed by atoms with E-state index in [1.165, 1.54) is 0 Å². The van der Waals surface area contributed by atoms with Crippen LogP contribution in [0.25, 0.3) is 0 Å². The third-order valence-corrected chi connectivity index (χ3v) is 1.40. The summed E-state index contributed by atoms with van der Waals surface area (Å²) in [6.45, 7) is 6.27. The summed E-state index contributed by atoms with van der Waals surface area (Å²) in [5, 5.41) is 0. The maximum atomic E-state index is 5.09. The molecule has 0 unspecified atom stereocenters. The quantitative estimate of drug-likeness (QED) is 0.536. The highest BCUT2D eigenvalue weighted by Crippen LogP contribution is 2.10. The minimum absolute atomic E-state index is 0. The van der Waals surface area contributed by atoms with Gasteiger partial charge in [-0.15, -0.1) is 0 Å². The van der Waals surface area contributed by atoms with Gasteiger partial charge < -0.3 is 10.2 Å². The van der Waals surface area contributed by atoms with Crippen molar-refractivity contribution in [1.82, 2.24) is 0 Å². The molecule has 8 heavy (non-hydrogen) atoms. The summed E-state index contributed by atoms with van der Waals surface area (Å²) in [6, 6.07) is 0. The average molecular weight is 120 g/mol. The lowest BCUT2D eigenvalue weighted by molar-refractivity contribution is 0.0196. The molecule has 0 saturated carbocycles. The molecule has 0 amide bonds. The predicted molar refractivity (Wildman–Crippen MR) is 35.0 cm³/mol. The predicted octanol–water partition coefficient (Wildman–Crippen LogP) is 0.997. The second-order valence-electron chi connectivity index (χ2n) is 2.32. The van der Waals surface area contributed by atoms with E-state index in [0.29, 0.717) is 0 Å². The zero-order chi connectivity index (χ0) is 5.91. The van der Waals surface area contributed by atoms with Crippen molar-refractivity contribution in [3.05, 3.63) is 0 Å². The molecule has 2 N–H and O–H groups in total. The van der Waals surface area contributed by atoms with Crippen LogP contribution < -0.4 is 0 Å². The molecule has 0 aromatic heterocycles. The Hall–Kier alpha value is -0.0800. The van der Waals surface area contributed by atoms with E-state index in [1.807, 2.05) is 0 Å². The zero-order valence-electron chi connectivity index (χ0n) is 6.12. The third-order valence-electron chi connectivity index (χ3n) is 1.40. The lowest BCUT2D eigenvalue weighted by Crippen LogP contribution is -2.20. The fraction of sp³-hybridized carbons (Fsp3) is 1.00. The molecule has 0 bridgehead atoms. The van der Waals surface area contributed by atoms with Crippen LogP contribution in [0.3, 0.4) is 0 Å². The second kappa shape index (κ2) is 3.87. The van der Waals surface area contributed by atoms with Crippen LogP contribution in [0.2, 0.25) is 0 Å². The van der Waals surface area contributed by atoms with Crippen molar-refractivity contribution in [2.75, 3.05) is 7.11 Å². The van der Waals surface area contributed by atoms with E-state index in [-0.39, 0.29) is 11.1 Å². The lowest BCUT2D eigenvalue weighted by Gasteiger charge is -2.19. The van der Waals surface area contributed by atoms with Crippen molar-refractivity contribution in [3.8, 4) is 0 Å². The molecule has 2 heteroatoms. The van der Waals surface area contributed by atoms with E-state index >= 15 is 0 Å². The van der Waals surface area contributed by atoms with Crippen LogP contribution in [0.15, 0.2) is 0 Å². The molecule has 0 spiro atoms. The number of ether oxygens (including phenoxy) is 1. The fourth-order valence-corrected chi connectivity index (χ4v) is 0.144. The average Bonchev–Trinajstić information content (AvgIpc) is 1.68. The van der Waals surface area contributed by atoms with Gasteiger partial charge in [0.2, 0.25) is 0 Å². The van der Waals surface area contributed by atoms with E-state index in [0.717, 1.165) is 6.42 Å². The van der Waals surface area contributed by atoms with Gasteiger partial charge in [-0.3, -0.25) is 0 Å². The summed E-state index contributed by atoms with van der Waals surface area (Å²) in [5.74, 6) is 0. The second-order valence-corrected chi connectivity index (χ2v) is 2.32. The van der Waals surface area contributed by atoms with Crippen LogP contribution in [0, 0.1) is 0 Å². The highest BCUT2D eigenvalue weighted by molar-refractivity contribution is 4.62. The van der Waals surface area contributed by atoms with E-state index in [9.17, 15) is 0 Å². The minimum Gasteiger partial charge on any atom is -0.412 e. The van der Waals surface area contributed by atoms with Gasteiger partial charge in [-0.05, 0) is 20.3 Å². The highest BCUT2D eigenvalue weighted by Gasteiger charge is 2.10. The first kappa shape index (κ1) is 10.8. The summed E-state index contributed by atoms with van der Waals surface area (Å²) < 4.78 is 5.09. The van der Waals surface area contributed by atoms with Gasteiger partial charge in [-0.25, -0.2) is 0 Å². The summed E-state index contributed by atoms with van der Waals surface area (Å²) in [5.41, 5.74) is 0.0833. The molecule has 0 radical (unpaired) electrons. The SMILES string of the molecule is CCC(C)(C)OC.O. The van der Waals surface area contributed by atoms with Gasteiger partial charge in [-0.1, -0.05) is 6.92 Å². The Balaban J connectivity index is 0. The molecule has 0 aliphatic heterocycles. The van der Waals surface area contributed by atoms with Crippen LogP contribution in [0.1, 0.15) is 27.2 Å². The molecular formula is C6H16O2. The smallest absolute Gasteiger partial charge is 0.0620 e. The molecule has 0 aromatic rings. The van der Waals surface area contributed by atoms with Gasteiger partial charge >= 0.3 is 0 Å². The molecule has 52 valence electrons. The Bertz CT molecular complexity index is 44.5. The van der Waals surface area contributed by atoms with Gasteiger partial charge in [0.15, 0.2) is 0 Å². The first-order valence-electron chi connectivity index (χ1n) is 2.67. The summed E-state index contributed by atoms with van der Waals surface area (Å²) in [7, 11) is 1.74. The van der Waals surface area contributed by atoms with Crippen LogP contribution in [-0.4, -0.2) is 18.2 Å². The maximum Gasteiger partial charge on any atom is 0.0620 e. The molecule has 0 atom stereocenters. The van der Waals surface area contributed by atoms with Crippen molar-refractivity contribution in [3.63, 3.8) is 0 Å². The molecule has 0 aromatic carbocycles. The van der Waals surface area contributed by atoms with Crippen LogP contribution in [0.4, 0.5) is 0 Å². The molecule has 0 saturated heterocycles. The number of methoxy groups -OCH3 is 1. The van der Waals surface area contributed by atoms with E-state index in [4.69, 9.17) is 4.74 Å². The minimum atomic E-state index is 0. The molecule has 0 heterocycles. The summed E-state index contributed by atoms with van der Waals surface area (Å²) in [4.78, 5) is 0. The highest BCUT2D eigenvalue weighted by atomic mass is 16.5. The van der Waals surface area contributed by atoms with E-state index in [2.05, 4.69) is 20.8 Å². The number of hydrogen-bond acceptors (Lipinski definition) is 1. The van der Waals surface area contributed by atoms with E-state index < -0.39 is 0 Å². The van der Waals surface area contributed by atoms with Crippen LogP contribution >= 0.6 is 0 Å².